The van der Waals surface area contributed by atoms with E-state index in [1.54, 1.807) is 0 Å². The van der Waals surface area contributed by atoms with E-state index in [4.69, 9.17) is 17.3 Å². The van der Waals surface area contributed by atoms with Crippen LogP contribution in [0, 0.1) is 15.9 Å². The standard InChI is InChI=1S/C7H4ClFN2O3/c8-6-3(9)1-2-4(11(13)14)5(6)7(10)12/h1-2H,(H2,10,12). The Morgan fingerprint density at radius 2 is 2.14 bits per heavy atom. The molecule has 0 unspecified atom stereocenters. The largest absolute Gasteiger partial charge is 0.365 e. The van der Waals surface area contributed by atoms with E-state index in [2.05, 4.69) is 0 Å². The molecule has 5 nitrogen and oxygen atoms in total. The van der Waals surface area contributed by atoms with Crippen LogP contribution in [0.4, 0.5) is 10.1 Å². The number of nitrogens with zero attached hydrogens (tertiary/aromatic N) is 1. The van der Waals surface area contributed by atoms with E-state index < -0.39 is 32.9 Å². The van der Waals surface area contributed by atoms with Gasteiger partial charge in [0.15, 0.2) is 0 Å². The Kier molecular flexibility index (Phi) is 2.66. The van der Waals surface area contributed by atoms with Gasteiger partial charge in [0.05, 0.1) is 9.95 Å². The molecule has 74 valence electrons. The summed E-state index contributed by atoms with van der Waals surface area (Å²) < 4.78 is 12.8. The van der Waals surface area contributed by atoms with Crippen molar-refractivity contribution in [1.29, 1.82) is 0 Å². The Bertz CT molecular complexity index is 422. The molecule has 0 fully saturated rings. The second-order valence-corrected chi connectivity index (χ2v) is 2.75. The SMILES string of the molecule is NC(=O)c1c([N+](=O)[O-])ccc(F)c1Cl. The minimum Gasteiger partial charge on any atom is -0.365 e. The van der Waals surface area contributed by atoms with Gasteiger partial charge in [-0.2, -0.15) is 0 Å². The van der Waals surface area contributed by atoms with Crippen molar-refractivity contribution >= 4 is 23.2 Å². The Balaban J connectivity index is 3.53. The summed E-state index contributed by atoms with van der Waals surface area (Å²) >= 11 is 5.36. The molecule has 0 aliphatic rings. The first kappa shape index (κ1) is 10.4. The summed E-state index contributed by atoms with van der Waals surface area (Å²) in [5.74, 6) is -2.06. The Morgan fingerprint density at radius 1 is 1.57 bits per heavy atom. The molecular weight excluding hydrogens is 215 g/mol. The fourth-order valence-electron chi connectivity index (χ4n) is 0.927. The van der Waals surface area contributed by atoms with E-state index in [-0.39, 0.29) is 0 Å². The van der Waals surface area contributed by atoms with Crippen LogP contribution in [0.3, 0.4) is 0 Å². The lowest BCUT2D eigenvalue weighted by molar-refractivity contribution is -0.385. The summed E-state index contributed by atoms with van der Waals surface area (Å²) in [6.45, 7) is 0. The molecule has 0 saturated heterocycles. The Morgan fingerprint density at radius 3 is 2.57 bits per heavy atom. The van der Waals surface area contributed by atoms with Crippen molar-refractivity contribution < 1.29 is 14.1 Å². The molecule has 0 saturated carbocycles. The van der Waals surface area contributed by atoms with Gasteiger partial charge in [0.1, 0.15) is 11.4 Å². The van der Waals surface area contributed by atoms with Gasteiger partial charge < -0.3 is 5.73 Å². The number of primary amides is 1. The van der Waals surface area contributed by atoms with Crippen LogP contribution in [-0.2, 0) is 0 Å². The molecule has 0 aliphatic heterocycles. The summed E-state index contributed by atoms with van der Waals surface area (Å²) in [6, 6.07) is 1.63. The normalized spacial score (nSPS) is 9.86. The molecule has 0 heterocycles. The number of hydrogen-bond donors (Lipinski definition) is 1. The molecule has 2 N–H and O–H groups in total. The topological polar surface area (TPSA) is 86.2 Å². The third-order valence-electron chi connectivity index (χ3n) is 1.52. The quantitative estimate of drug-likeness (QED) is 0.603. The van der Waals surface area contributed by atoms with Crippen molar-refractivity contribution in [2.24, 2.45) is 5.73 Å². The predicted octanol–water partition coefficient (Wildman–Crippen LogP) is 1.49. The lowest BCUT2D eigenvalue weighted by atomic mass is 10.1. The van der Waals surface area contributed by atoms with Crippen LogP contribution in [-0.4, -0.2) is 10.8 Å². The first-order valence-electron chi connectivity index (χ1n) is 3.37. The third kappa shape index (κ3) is 1.64. The Labute approximate surface area is 82.4 Å². The molecule has 0 radical (unpaired) electrons. The first-order chi connectivity index (χ1) is 6.45. The number of amides is 1. The number of benzene rings is 1. The van der Waals surface area contributed by atoms with E-state index in [1.807, 2.05) is 0 Å². The predicted molar refractivity (Wildman–Crippen MR) is 46.6 cm³/mol. The average Bonchev–Trinajstić information content (AvgIpc) is 2.08. The molecule has 1 aromatic carbocycles. The summed E-state index contributed by atoms with van der Waals surface area (Å²) in [4.78, 5) is 20.3. The second-order valence-electron chi connectivity index (χ2n) is 2.38. The van der Waals surface area contributed by atoms with Crippen LogP contribution in [0.5, 0.6) is 0 Å². The summed E-state index contributed by atoms with van der Waals surface area (Å²) in [6.07, 6.45) is 0. The lowest BCUT2D eigenvalue weighted by Gasteiger charge is -2.01. The molecule has 0 atom stereocenters. The molecule has 0 aromatic heterocycles. The van der Waals surface area contributed by atoms with Crippen molar-refractivity contribution in [3.63, 3.8) is 0 Å². The minimum atomic E-state index is -1.14. The zero-order chi connectivity index (χ0) is 10.9. The van der Waals surface area contributed by atoms with Gasteiger partial charge in [-0.05, 0) is 6.07 Å². The zero-order valence-electron chi connectivity index (χ0n) is 6.66. The Hall–Kier alpha value is -1.69. The average molecular weight is 219 g/mol. The van der Waals surface area contributed by atoms with Crippen LogP contribution in [0.25, 0.3) is 0 Å². The molecule has 1 amide bonds. The second kappa shape index (κ2) is 3.59. The molecule has 0 aliphatic carbocycles. The zero-order valence-corrected chi connectivity index (χ0v) is 7.42. The summed E-state index contributed by atoms with van der Waals surface area (Å²) in [7, 11) is 0. The first-order valence-corrected chi connectivity index (χ1v) is 3.75. The highest BCUT2D eigenvalue weighted by Crippen LogP contribution is 2.28. The van der Waals surface area contributed by atoms with Gasteiger partial charge in [-0.15, -0.1) is 0 Å². The number of nitro groups is 1. The number of halogens is 2. The molecule has 0 bridgehead atoms. The van der Waals surface area contributed by atoms with Gasteiger partial charge in [0.25, 0.3) is 11.6 Å². The monoisotopic (exact) mass is 218 g/mol. The van der Waals surface area contributed by atoms with E-state index in [0.717, 1.165) is 12.1 Å². The van der Waals surface area contributed by atoms with Gasteiger partial charge in [-0.3, -0.25) is 14.9 Å². The van der Waals surface area contributed by atoms with Gasteiger partial charge in [0.2, 0.25) is 0 Å². The molecule has 1 rings (SSSR count). The number of carbonyl (C=O) groups excluding carboxylic acids is 1. The number of carbonyl (C=O) groups is 1. The van der Waals surface area contributed by atoms with Crippen molar-refractivity contribution in [1.82, 2.24) is 0 Å². The van der Waals surface area contributed by atoms with Crippen LogP contribution in [0.15, 0.2) is 12.1 Å². The van der Waals surface area contributed by atoms with Crippen molar-refractivity contribution in [3.05, 3.63) is 38.7 Å². The van der Waals surface area contributed by atoms with Crippen LogP contribution >= 0.6 is 11.6 Å². The van der Waals surface area contributed by atoms with Crippen LogP contribution in [0.2, 0.25) is 5.02 Å². The number of rotatable bonds is 2. The van der Waals surface area contributed by atoms with Gasteiger partial charge in [-0.1, -0.05) is 11.6 Å². The highest BCUT2D eigenvalue weighted by Gasteiger charge is 2.23. The molecule has 0 spiro atoms. The molecular formula is C7H4ClFN2O3. The maximum Gasteiger partial charge on any atom is 0.283 e. The number of nitro benzene ring substituents is 1. The van der Waals surface area contributed by atoms with E-state index in [1.165, 1.54) is 0 Å². The smallest absolute Gasteiger partial charge is 0.283 e. The highest BCUT2D eigenvalue weighted by molar-refractivity contribution is 6.34. The van der Waals surface area contributed by atoms with E-state index >= 15 is 0 Å². The fraction of sp³-hybridized carbons (Fsp3) is 0. The van der Waals surface area contributed by atoms with Gasteiger partial charge >= 0.3 is 0 Å². The van der Waals surface area contributed by atoms with Crippen molar-refractivity contribution in [2.45, 2.75) is 0 Å². The summed E-state index contributed by atoms with van der Waals surface area (Å²) in [5, 5.41) is 9.77. The summed E-state index contributed by atoms with van der Waals surface area (Å²) in [5.41, 5.74) is 3.61. The molecule has 1 aromatic rings. The van der Waals surface area contributed by atoms with E-state index in [0.29, 0.717) is 0 Å². The lowest BCUT2D eigenvalue weighted by Crippen LogP contribution is -2.14. The van der Waals surface area contributed by atoms with Crippen LogP contribution in [0.1, 0.15) is 10.4 Å². The fourth-order valence-corrected chi connectivity index (χ4v) is 1.18. The van der Waals surface area contributed by atoms with Gasteiger partial charge in [0, 0.05) is 6.07 Å². The maximum absolute atomic E-state index is 12.8. The van der Waals surface area contributed by atoms with Crippen LogP contribution < -0.4 is 5.73 Å². The van der Waals surface area contributed by atoms with Crippen molar-refractivity contribution in [3.8, 4) is 0 Å². The highest BCUT2D eigenvalue weighted by atomic mass is 35.5. The minimum absolute atomic E-state index is 0.607. The van der Waals surface area contributed by atoms with Gasteiger partial charge in [-0.25, -0.2) is 4.39 Å². The third-order valence-corrected chi connectivity index (χ3v) is 1.89. The molecule has 14 heavy (non-hydrogen) atoms. The van der Waals surface area contributed by atoms with Crippen molar-refractivity contribution in [2.75, 3.05) is 0 Å². The maximum atomic E-state index is 12.8. The number of hydrogen-bond acceptors (Lipinski definition) is 3. The number of nitrogens with two attached hydrogens (primary N) is 1. The van der Waals surface area contributed by atoms with E-state index in [9.17, 15) is 19.3 Å². The molecule has 7 heteroatoms.